The molecule has 2 N–H and O–H groups in total. The molecule has 0 aromatic heterocycles. The third-order valence-corrected chi connectivity index (χ3v) is 2.30. The molecule has 1 rings (SSSR count). The van der Waals surface area contributed by atoms with Crippen molar-refractivity contribution in [2.24, 2.45) is 5.73 Å². The lowest BCUT2D eigenvalue weighted by molar-refractivity contribution is -0.0163. The molecule has 0 atom stereocenters. The molecule has 0 aliphatic heterocycles. The van der Waals surface area contributed by atoms with Gasteiger partial charge in [-0.05, 0) is 39.0 Å². The number of ether oxygens (including phenoxy) is 2. The van der Waals surface area contributed by atoms with E-state index in [4.69, 9.17) is 27.4 Å². The number of hydrogen-bond acceptors (Lipinski definition) is 3. The van der Waals surface area contributed by atoms with Gasteiger partial charge >= 0.3 is 0 Å². The van der Waals surface area contributed by atoms with Gasteiger partial charge in [-0.2, -0.15) is 0 Å². The van der Waals surface area contributed by atoms with Crippen molar-refractivity contribution in [1.82, 2.24) is 0 Å². The lowest BCUT2D eigenvalue weighted by Crippen LogP contribution is -2.23. The van der Waals surface area contributed by atoms with E-state index in [2.05, 4.69) is 0 Å². The topological polar surface area (TPSA) is 44.5 Å². The van der Waals surface area contributed by atoms with Crippen LogP contribution in [0.4, 0.5) is 4.39 Å². The Morgan fingerprint density at radius 3 is 2.56 bits per heavy atom. The normalized spacial score (nSPS) is 11.3. The number of thiocarbonyl (C=S) groups is 1. The maximum absolute atomic E-state index is 13.1. The summed E-state index contributed by atoms with van der Waals surface area (Å²) in [6.07, 6.45) is 0. The van der Waals surface area contributed by atoms with Crippen molar-refractivity contribution in [1.29, 1.82) is 0 Å². The van der Waals surface area contributed by atoms with Crippen LogP contribution in [-0.4, -0.2) is 23.8 Å². The predicted molar refractivity (Wildman–Crippen MR) is 73.5 cm³/mol. The van der Waals surface area contributed by atoms with E-state index < -0.39 is 5.82 Å². The van der Waals surface area contributed by atoms with Crippen molar-refractivity contribution in [2.75, 3.05) is 13.2 Å². The van der Waals surface area contributed by atoms with Crippen molar-refractivity contribution >= 4 is 17.2 Å². The molecular weight excluding hydrogens is 253 g/mol. The summed E-state index contributed by atoms with van der Waals surface area (Å²) in [5, 5.41) is 0. The van der Waals surface area contributed by atoms with E-state index in [1.165, 1.54) is 18.2 Å². The minimum Gasteiger partial charge on any atom is -0.490 e. The van der Waals surface area contributed by atoms with Crippen LogP contribution in [0, 0.1) is 5.82 Å². The van der Waals surface area contributed by atoms with Crippen molar-refractivity contribution in [2.45, 2.75) is 26.4 Å². The van der Waals surface area contributed by atoms with Crippen molar-refractivity contribution < 1.29 is 13.9 Å². The second-order valence-corrected chi connectivity index (χ2v) is 5.25. The molecular formula is C13H18FNO2S. The van der Waals surface area contributed by atoms with E-state index >= 15 is 0 Å². The Morgan fingerprint density at radius 1 is 1.33 bits per heavy atom. The zero-order chi connectivity index (χ0) is 13.8. The quantitative estimate of drug-likeness (QED) is 0.660. The maximum atomic E-state index is 13.1. The second-order valence-electron chi connectivity index (χ2n) is 4.81. The van der Waals surface area contributed by atoms with E-state index in [-0.39, 0.29) is 10.6 Å². The molecule has 0 heterocycles. The molecule has 3 nitrogen and oxygen atoms in total. The molecule has 0 bridgehead atoms. The summed E-state index contributed by atoms with van der Waals surface area (Å²) in [5.41, 5.74) is 5.70. The first-order valence-corrected chi connectivity index (χ1v) is 6.06. The molecule has 0 spiro atoms. The largest absolute Gasteiger partial charge is 0.490 e. The second kappa shape index (κ2) is 6.11. The first-order chi connectivity index (χ1) is 8.29. The van der Waals surface area contributed by atoms with Crippen LogP contribution in [0.3, 0.4) is 0 Å². The monoisotopic (exact) mass is 271 g/mol. The van der Waals surface area contributed by atoms with Crippen LogP contribution < -0.4 is 10.5 Å². The van der Waals surface area contributed by atoms with Gasteiger partial charge in [0, 0.05) is 0 Å². The summed E-state index contributed by atoms with van der Waals surface area (Å²) in [6, 6.07) is 4.09. The average molecular weight is 271 g/mol. The summed E-state index contributed by atoms with van der Waals surface area (Å²) in [5.74, 6) is 0.0810. The number of benzene rings is 1. The van der Waals surface area contributed by atoms with Crippen LogP contribution in [0.25, 0.3) is 0 Å². The fourth-order valence-corrected chi connectivity index (χ4v) is 1.48. The first kappa shape index (κ1) is 14.9. The third-order valence-electron chi connectivity index (χ3n) is 2.08. The van der Waals surface area contributed by atoms with Crippen LogP contribution >= 0.6 is 12.2 Å². The Labute approximate surface area is 112 Å². The van der Waals surface area contributed by atoms with E-state index in [1.54, 1.807) is 0 Å². The third kappa shape index (κ3) is 4.98. The van der Waals surface area contributed by atoms with Crippen LogP contribution in [-0.2, 0) is 4.74 Å². The first-order valence-electron chi connectivity index (χ1n) is 5.66. The molecule has 5 heteroatoms. The summed E-state index contributed by atoms with van der Waals surface area (Å²) >= 11 is 4.85. The Balaban J connectivity index is 2.59. The fourth-order valence-electron chi connectivity index (χ4n) is 1.32. The maximum Gasteiger partial charge on any atom is 0.129 e. The smallest absolute Gasteiger partial charge is 0.129 e. The zero-order valence-corrected chi connectivity index (χ0v) is 11.6. The van der Waals surface area contributed by atoms with Gasteiger partial charge in [0.1, 0.15) is 23.2 Å². The van der Waals surface area contributed by atoms with Crippen LogP contribution in [0.1, 0.15) is 26.3 Å². The van der Waals surface area contributed by atoms with Crippen LogP contribution in [0.5, 0.6) is 5.75 Å². The lowest BCUT2D eigenvalue weighted by Gasteiger charge is -2.19. The molecule has 100 valence electrons. The highest BCUT2D eigenvalue weighted by Crippen LogP contribution is 2.19. The van der Waals surface area contributed by atoms with E-state index in [0.29, 0.717) is 24.5 Å². The number of nitrogens with two attached hydrogens (primary N) is 1. The van der Waals surface area contributed by atoms with Gasteiger partial charge < -0.3 is 15.2 Å². The molecule has 0 fully saturated rings. The average Bonchev–Trinajstić information content (AvgIpc) is 2.24. The molecule has 1 aromatic carbocycles. The van der Waals surface area contributed by atoms with Crippen LogP contribution in [0.2, 0.25) is 0 Å². The van der Waals surface area contributed by atoms with Gasteiger partial charge in [0.2, 0.25) is 0 Å². The molecule has 1 aromatic rings. The zero-order valence-electron chi connectivity index (χ0n) is 10.8. The Kier molecular flexibility index (Phi) is 5.04. The lowest BCUT2D eigenvalue weighted by atomic mass is 10.2. The van der Waals surface area contributed by atoms with Crippen molar-refractivity contribution in [3.8, 4) is 5.75 Å². The molecule has 0 aliphatic carbocycles. The highest BCUT2D eigenvalue weighted by molar-refractivity contribution is 7.80. The summed E-state index contributed by atoms with van der Waals surface area (Å²) < 4.78 is 24.1. The highest BCUT2D eigenvalue weighted by Gasteiger charge is 2.11. The van der Waals surface area contributed by atoms with Gasteiger partial charge in [0.15, 0.2) is 0 Å². The molecule has 0 saturated carbocycles. The van der Waals surface area contributed by atoms with Gasteiger partial charge in [-0.1, -0.05) is 12.2 Å². The van der Waals surface area contributed by atoms with Gasteiger partial charge in [0.05, 0.1) is 17.8 Å². The van der Waals surface area contributed by atoms with Crippen molar-refractivity contribution in [3.63, 3.8) is 0 Å². The van der Waals surface area contributed by atoms with Gasteiger partial charge in [-0.25, -0.2) is 4.39 Å². The van der Waals surface area contributed by atoms with Crippen LogP contribution in [0.15, 0.2) is 18.2 Å². The van der Waals surface area contributed by atoms with Gasteiger partial charge in [0.25, 0.3) is 0 Å². The molecule has 0 aliphatic rings. The molecule has 0 amide bonds. The summed E-state index contributed by atoms with van der Waals surface area (Å²) in [4.78, 5) is 0.112. The SMILES string of the molecule is CC(C)(C)OCCOc1ccc(F)cc1C(N)=S. The minimum absolute atomic E-state index is 0.112. The number of halogens is 1. The van der Waals surface area contributed by atoms with E-state index in [9.17, 15) is 4.39 Å². The summed E-state index contributed by atoms with van der Waals surface area (Å²) in [7, 11) is 0. The fraction of sp³-hybridized carbons (Fsp3) is 0.462. The number of hydrogen-bond donors (Lipinski definition) is 1. The minimum atomic E-state index is -0.393. The Morgan fingerprint density at radius 2 is 2.00 bits per heavy atom. The molecule has 0 unspecified atom stereocenters. The van der Waals surface area contributed by atoms with Crippen molar-refractivity contribution in [3.05, 3.63) is 29.6 Å². The van der Waals surface area contributed by atoms with Gasteiger partial charge in [-0.15, -0.1) is 0 Å². The summed E-state index contributed by atoms with van der Waals surface area (Å²) in [6.45, 7) is 6.69. The van der Waals surface area contributed by atoms with E-state index in [0.717, 1.165) is 0 Å². The van der Waals surface area contributed by atoms with E-state index in [1.807, 2.05) is 20.8 Å². The Bertz CT molecular complexity index is 429. The highest BCUT2D eigenvalue weighted by atomic mass is 32.1. The molecule has 0 saturated heterocycles. The number of rotatable bonds is 5. The standard InChI is InChI=1S/C13H18FNO2S/c1-13(2,3)17-7-6-16-11-5-4-9(14)8-10(11)12(15)18/h4-5,8H,6-7H2,1-3H3,(H2,15,18). The van der Waals surface area contributed by atoms with Gasteiger partial charge in [-0.3, -0.25) is 0 Å². The molecule has 18 heavy (non-hydrogen) atoms. The predicted octanol–water partition coefficient (Wildman–Crippen LogP) is 2.65. The Hall–Kier alpha value is -1.20. The molecule has 0 radical (unpaired) electrons.